The average Bonchev–Trinajstić information content (AvgIpc) is 2.15. The summed E-state index contributed by atoms with van der Waals surface area (Å²) in [5, 5.41) is 3.47. The van der Waals surface area contributed by atoms with Crippen molar-refractivity contribution in [1.29, 1.82) is 0 Å². The molecule has 0 aromatic rings. The Hall–Kier alpha value is -0.120. The van der Waals surface area contributed by atoms with Crippen molar-refractivity contribution in [3.63, 3.8) is 0 Å². The summed E-state index contributed by atoms with van der Waals surface area (Å²) in [7, 11) is 0. The predicted molar refractivity (Wildman–Crippen MR) is 51.9 cm³/mol. The Morgan fingerprint density at radius 1 is 1.17 bits per heavy atom. The topological polar surface area (TPSA) is 64.1 Å². The van der Waals surface area contributed by atoms with Crippen LogP contribution in [-0.4, -0.2) is 25.7 Å². The molecule has 3 nitrogen and oxygen atoms in total. The van der Waals surface area contributed by atoms with Crippen molar-refractivity contribution >= 4 is 0 Å². The van der Waals surface area contributed by atoms with Crippen molar-refractivity contribution in [1.82, 2.24) is 5.32 Å². The lowest BCUT2D eigenvalue weighted by molar-refractivity contribution is 0.270. The molecule has 0 amide bonds. The Kier molecular flexibility index (Phi) is 4.58. The van der Waals surface area contributed by atoms with Crippen LogP contribution >= 0.6 is 0 Å². The molecule has 3 heteroatoms. The molecule has 0 aromatic carbocycles. The van der Waals surface area contributed by atoms with E-state index in [1.165, 1.54) is 25.7 Å². The van der Waals surface area contributed by atoms with Gasteiger partial charge in [-0.1, -0.05) is 12.8 Å². The highest BCUT2D eigenvalue weighted by molar-refractivity contribution is 4.81. The second kappa shape index (κ2) is 5.51. The lowest BCUT2D eigenvalue weighted by Gasteiger charge is -2.31. The van der Waals surface area contributed by atoms with Crippen LogP contribution in [0.1, 0.15) is 25.7 Å². The van der Waals surface area contributed by atoms with Gasteiger partial charge in [0.25, 0.3) is 0 Å². The van der Waals surface area contributed by atoms with E-state index in [1.54, 1.807) is 0 Å². The van der Waals surface area contributed by atoms with E-state index >= 15 is 0 Å². The maximum Gasteiger partial charge on any atom is 0.0108 e. The maximum atomic E-state index is 5.69. The second-order valence-corrected chi connectivity index (χ2v) is 3.63. The van der Waals surface area contributed by atoms with Gasteiger partial charge in [-0.3, -0.25) is 0 Å². The van der Waals surface area contributed by atoms with Crippen LogP contribution in [0, 0.1) is 5.92 Å². The molecule has 1 aliphatic rings. The zero-order chi connectivity index (χ0) is 8.81. The predicted octanol–water partition coefficient (Wildman–Crippen LogP) is 0.0522. The van der Waals surface area contributed by atoms with Crippen molar-refractivity contribution in [3.8, 4) is 0 Å². The Balaban J connectivity index is 2.26. The molecule has 72 valence electrons. The largest absolute Gasteiger partial charge is 0.330 e. The van der Waals surface area contributed by atoms with Crippen LogP contribution in [0.5, 0.6) is 0 Å². The molecule has 1 saturated carbocycles. The van der Waals surface area contributed by atoms with E-state index in [1.807, 2.05) is 0 Å². The highest BCUT2D eigenvalue weighted by atomic mass is 14.9. The van der Waals surface area contributed by atoms with Gasteiger partial charge in [-0.05, 0) is 25.3 Å². The number of hydrogen-bond donors (Lipinski definition) is 3. The number of rotatable bonds is 4. The Morgan fingerprint density at radius 2 is 1.92 bits per heavy atom. The first-order chi connectivity index (χ1) is 5.88. The van der Waals surface area contributed by atoms with E-state index in [0.717, 1.165) is 19.6 Å². The molecule has 0 bridgehead atoms. The number of nitrogens with one attached hydrogen (secondary N) is 1. The molecule has 0 saturated heterocycles. The summed E-state index contributed by atoms with van der Waals surface area (Å²) in [6.07, 6.45) is 5.27. The zero-order valence-electron chi connectivity index (χ0n) is 7.76. The highest BCUT2D eigenvalue weighted by Crippen LogP contribution is 2.23. The van der Waals surface area contributed by atoms with Gasteiger partial charge < -0.3 is 16.8 Å². The van der Waals surface area contributed by atoms with Crippen LogP contribution < -0.4 is 16.8 Å². The van der Waals surface area contributed by atoms with E-state index in [0.29, 0.717) is 12.0 Å². The first-order valence-corrected chi connectivity index (χ1v) is 5.02. The third-order valence-corrected chi connectivity index (χ3v) is 2.76. The van der Waals surface area contributed by atoms with Crippen LogP contribution in [0.3, 0.4) is 0 Å². The molecule has 2 atom stereocenters. The zero-order valence-corrected chi connectivity index (χ0v) is 7.76. The number of nitrogens with two attached hydrogens (primary N) is 2. The molecular weight excluding hydrogens is 150 g/mol. The van der Waals surface area contributed by atoms with E-state index in [4.69, 9.17) is 11.5 Å². The minimum atomic E-state index is 0.632. The fourth-order valence-electron chi connectivity index (χ4n) is 2.03. The second-order valence-electron chi connectivity index (χ2n) is 3.63. The van der Waals surface area contributed by atoms with Crippen molar-refractivity contribution in [2.45, 2.75) is 31.7 Å². The Labute approximate surface area is 74.9 Å². The minimum absolute atomic E-state index is 0.632. The van der Waals surface area contributed by atoms with Gasteiger partial charge in [-0.2, -0.15) is 0 Å². The first-order valence-electron chi connectivity index (χ1n) is 5.02. The third-order valence-electron chi connectivity index (χ3n) is 2.76. The van der Waals surface area contributed by atoms with Gasteiger partial charge in [0.2, 0.25) is 0 Å². The van der Waals surface area contributed by atoms with Gasteiger partial charge in [0, 0.05) is 19.1 Å². The summed E-state index contributed by atoms with van der Waals surface area (Å²) in [4.78, 5) is 0. The fraction of sp³-hybridized carbons (Fsp3) is 1.00. The first kappa shape index (κ1) is 9.96. The van der Waals surface area contributed by atoms with E-state index in [9.17, 15) is 0 Å². The molecule has 1 aliphatic carbocycles. The van der Waals surface area contributed by atoms with Crippen molar-refractivity contribution < 1.29 is 0 Å². The molecule has 1 fully saturated rings. The molecule has 0 spiro atoms. The molecule has 5 N–H and O–H groups in total. The number of hydrogen-bond acceptors (Lipinski definition) is 3. The summed E-state index contributed by atoms with van der Waals surface area (Å²) in [6, 6.07) is 0.632. The van der Waals surface area contributed by atoms with Gasteiger partial charge in [0.05, 0.1) is 0 Å². The van der Waals surface area contributed by atoms with Crippen molar-refractivity contribution in [2.75, 3.05) is 19.6 Å². The van der Waals surface area contributed by atoms with Crippen molar-refractivity contribution in [2.24, 2.45) is 17.4 Å². The quantitative estimate of drug-likeness (QED) is 0.560. The lowest BCUT2D eigenvalue weighted by Crippen LogP contribution is -2.43. The van der Waals surface area contributed by atoms with Gasteiger partial charge in [0.1, 0.15) is 0 Å². The van der Waals surface area contributed by atoms with Crippen LogP contribution in [-0.2, 0) is 0 Å². The molecule has 1 rings (SSSR count). The van der Waals surface area contributed by atoms with E-state index in [-0.39, 0.29) is 0 Å². The molecule has 0 radical (unpaired) electrons. The SMILES string of the molecule is NCCNC1CCCCC1CN. The lowest BCUT2D eigenvalue weighted by atomic mass is 9.84. The fourth-order valence-corrected chi connectivity index (χ4v) is 2.03. The molecule has 2 unspecified atom stereocenters. The molecule has 12 heavy (non-hydrogen) atoms. The Bertz CT molecular complexity index is 116. The molecule has 0 aromatic heterocycles. The van der Waals surface area contributed by atoms with Crippen LogP contribution in [0.25, 0.3) is 0 Å². The van der Waals surface area contributed by atoms with Gasteiger partial charge in [-0.25, -0.2) is 0 Å². The van der Waals surface area contributed by atoms with E-state index < -0.39 is 0 Å². The normalized spacial score (nSPS) is 30.5. The van der Waals surface area contributed by atoms with Crippen molar-refractivity contribution in [3.05, 3.63) is 0 Å². The Morgan fingerprint density at radius 3 is 2.58 bits per heavy atom. The van der Waals surface area contributed by atoms with Crippen LogP contribution in [0.15, 0.2) is 0 Å². The summed E-state index contributed by atoms with van der Waals surface area (Å²) >= 11 is 0. The minimum Gasteiger partial charge on any atom is -0.330 e. The summed E-state index contributed by atoms with van der Waals surface area (Å²) in [5.41, 5.74) is 11.1. The monoisotopic (exact) mass is 171 g/mol. The summed E-state index contributed by atoms with van der Waals surface area (Å²) in [6.45, 7) is 2.48. The van der Waals surface area contributed by atoms with Crippen LogP contribution in [0.2, 0.25) is 0 Å². The third kappa shape index (κ3) is 2.73. The smallest absolute Gasteiger partial charge is 0.0108 e. The summed E-state index contributed by atoms with van der Waals surface area (Å²) in [5.74, 6) is 0.685. The van der Waals surface area contributed by atoms with Gasteiger partial charge >= 0.3 is 0 Å². The molecular formula is C9H21N3. The highest BCUT2D eigenvalue weighted by Gasteiger charge is 2.22. The molecule has 0 aliphatic heterocycles. The van der Waals surface area contributed by atoms with Gasteiger partial charge in [0.15, 0.2) is 0 Å². The molecule has 0 heterocycles. The standard InChI is InChI=1S/C9H21N3/c10-5-6-12-9-4-2-1-3-8(9)7-11/h8-9,12H,1-7,10-11H2. The average molecular weight is 171 g/mol. The maximum absolute atomic E-state index is 5.69. The van der Waals surface area contributed by atoms with Gasteiger partial charge in [-0.15, -0.1) is 0 Å². The van der Waals surface area contributed by atoms with Crippen LogP contribution in [0.4, 0.5) is 0 Å². The summed E-state index contributed by atoms with van der Waals surface area (Å²) < 4.78 is 0. The van der Waals surface area contributed by atoms with E-state index in [2.05, 4.69) is 5.32 Å².